The Bertz CT molecular complexity index is 633. The first-order valence-electron chi connectivity index (χ1n) is 6.33. The van der Waals surface area contributed by atoms with Gasteiger partial charge in [-0.3, -0.25) is 4.79 Å². The first-order chi connectivity index (χ1) is 9.90. The topological polar surface area (TPSA) is 78.5 Å². The molecule has 1 aromatic rings. The Labute approximate surface area is 127 Å². The lowest BCUT2D eigenvalue weighted by atomic mass is 10.3. The van der Waals surface area contributed by atoms with Crippen molar-refractivity contribution in [3.05, 3.63) is 29.0 Å². The molecule has 0 saturated carbocycles. The number of hydrogen-bond donors (Lipinski definition) is 2. The van der Waals surface area contributed by atoms with E-state index in [4.69, 9.17) is 11.6 Å². The fourth-order valence-electron chi connectivity index (χ4n) is 1.95. The summed E-state index contributed by atoms with van der Waals surface area (Å²) in [7, 11) is -3.95. The lowest BCUT2D eigenvalue weighted by molar-refractivity contribution is -0.130. The first-order valence-corrected chi connectivity index (χ1v) is 8.19. The number of rotatable bonds is 4. The third kappa shape index (κ3) is 4.13. The highest BCUT2D eigenvalue weighted by atomic mass is 35.5. The van der Waals surface area contributed by atoms with E-state index in [0.717, 1.165) is 18.2 Å². The number of piperazine rings is 1. The number of carbonyl (C=O) groups is 1. The van der Waals surface area contributed by atoms with Crippen molar-refractivity contribution in [3.8, 4) is 0 Å². The van der Waals surface area contributed by atoms with Crippen molar-refractivity contribution < 1.29 is 17.6 Å². The van der Waals surface area contributed by atoms with Gasteiger partial charge >= 0.3 is 0 Å². The van der Waals surface area contributed by atoms with E-state index in [2.05, 4.69) is 10.0 Å². The van der Waals surface area contributed by atoms with Crippen molar-refractivity contribution >= 4 is 27.5 Å². The second-order valence-electron chi connectivity index (χ2n) is 4.53. The van der Waals surface area contributed by atoms with Crippen molar-refractivity contribution in [2.45, 2.75) is 4.90 Å². The molecule has 2 rings (SSSR count). The minimum atomic E-state index is -3.95. The average Bonchev–Trinajstić information content (AvgIpc) is 2.45. The molecule has 1 heterocycles. The van der Waals surface area contributed by atoms with E-state index in [9.17, 15) is 17.6 Å². The molecule has 0 unspecified atom stereocenters. The monoisotopic (exact) mass is 335 g/mol. The minimum Gasteiger partial charge on any atom is -0.339 e. The largest absolute Gasteiger partial charge is 0.339 e. The molecule has 1 aliphatic heterocycles. The van der Waals surface area contributed by atoms with Crippen LogP contribution in [0.15, 0.2) is 23.1 Å². The maximum Gasteiger partial charge on any atom is 0.242 e. The van der Waals surface area contributed by atoms with Gasteiger partial charge in [-0.05, 0) is 18.2 Å². The maximum atomic E-state index is 12.9. The number of benzene rings is 1. The van der Waals surface area contributed by atoms with Gasteiger partial charge < -0.3 is 10.2 Å². The van der Waals surface area contributed by atoms with Crippen LogP contribution in [-0.2, 0) is 14.8 Å². The summed E-state index contributed by atoms with van der Waals surface area (Å²) in [5.74, 6) is -0.936. The minimum absolute atomic E-state index is 0.225. The second-order valence-corrected chi connectivity index (χ2v) is 6.67. The van der Waals surface area contributed by atoms with Gasteiger partial charge in [0, 0.05) is 26.2 Å². The number of halogens is 2. The third-order valence-electron chi connectivity index (χ3n) is 3.07. The van der Waals surface area contributed by atoms with Gasteiger partial charge in [0.15, 0.2) is 0 Å². The van der Waals surface area contributed by atoms with Gasteiger partial charge in [-0.25, -0.2) is 17.5 Å². The van der Waals surface area contributed by atoms with Crippen LogP contribution in [0.4, 0.5) is 4.39 Å². The van der Waals surface area contributed by atoms with Gasteiger partial charge in [-0.15, -0.1) is 0 Å². The van der Waals surface area contributed by atoms with E-state index >= 15 is 0 Å². The molecule has 1 saturated heterocycles. The molecule has 0 spiro atoms. The van der Waals surface area contributed by atoms with Crippen LogP contribution in [-0.4, -0.2) is 51.9 Å². The highest BCUT2D eigenvalue weighted by Gasteiger charge is 2.22. The molecule has 2 N–H and O–H groups in total. The number of nitrogens with one attached hydrogen (secondary N) is 2. The fraction of sp³-hybridized carbons (Fsp3) is 0.417. The molecule has 1 amide bonds. The average molecular weight is 336 g/mol. The van der Waals surface area contributed by atoms with Crippen LogP contribution in [0.25, 0.3) is 0 Å². The summed E-state index contributed by atoms with van der Waals surface area (Å²) in [4.78, 5) is 13.2. The van der Waals surface area contributed by atoms with Gasteiger partial charge in [0.05, 0.1) is 11.6 Å². The Kier molecular flexibility index (Phi) is 5.15. The lowest BCUT2D eigenvalue weighted by Gasteiger charge is -2.27. The van der Waals surface area contributed by atoms with E-state index in [-0.39, 0.29) is 22.4 Å². The van der Waals surface area contributed by atoms with Crippen molar-refractivity contribution in [3.63, 3.8) is 0 Å². The fourth-order valence-corrected chi connectivity index (χ4v) is 3.46. The maximum absolute atomic E-state index is 12.9. The summed E-state index contributed by atoms with van der Waals surface area (Å²) in [5, 5.41) is 2.87. The van der Waals surface area contributed by atoms with Crippen LogP contribution in [0.1, 0.15) is 0 Å². The zero-order chi connectivity index (χ0) is 15.5. The van der Waals surface area contributed by atoms with E-state index in [1.165, 1.54) is 0 Å². The zero-order valence-corrected chi connectivity index (χ0v) is 12.7. The summed E-state index contributed by atoms with van der Waals surface area (Å²) in [6.07, 6.45) is 0. The highest BCUT2D eigenvalue weighted by molar-refractivity contribution is 7.89. The Morgan fingerprint density at radius 3 is 2.67 bits per heavy atom. The second kappa shape index (κ2) is 6.69. The summed E-state index contributed by atoms with van der Waals surface area (Å²) in [6.45, 7) is 2.09. The predicted molar refractivity (Wildman–Crippen MR) is 76.0 cm³/mol. The Hall–Kier alpha value is -1.22. The Morgan fingerprint density at radius 2 is 2.05 bits per heavy atom. The smallest absolute Gasteiger partial charge is 0.242 e. The van der Waals surface area contributed by atoms with E-state index in [1.54, 1.807) is 4.90 Å². The normalized spacial score (nSPS) is 16.0. The Balaban J connectivity index is 2.02. The molecular formula is C12H15ClFN3O3S. The van der Waals surface area contributed by atoms with Gasteiger partial charge in [0.25, 0.3) is 0 Å². The molecule has 1 fully saturated rings. The number of hydrogen-bond acceptors (Lipinski definition) is 4. The van der Waals surface area contributed by atoms with Crippen LogP contribution in [0.5, 0.6) is 0 Å². The van der Waals surface area contributed by atoms with Gasteiger partial charge in [-0.1, -0.05) is 11.6 Å². The lowest BCUT2D eigenvalue weighted by Crippen LogP contribution is -2.49. The number of amides is 1. The molecule has 0 aromatic heterocycles. The van der Waals surface area contributed by atoms with Crippen molar-refractivity contribution in [2.75, 3.05) is 32.7 Å². The summed E-state index contributed by atoms with van der Waals surface area (Å²) >= 11 is 5.72. The molecule has 9 heteroatoms. The van der Waals surface area contributed by atoms with E-state index in [1.807, 2.05) is 0 Å². The first kappa shape index (κ1) is 16.2. The molecule has 0 atom stereocenters. The van der Waals surface area contributed by atoms with Crippen LogP contribution in [0, 0.1) is 5.82 Å². The quantitative estimate of drug-likeness (QED) is 0.823. The van der Waals surface area contributed by atoms with Crippen molar-refractivity contribution in [1.29, 1.82) is 0 Å². The molecule has 21 heavy (non-hydrogen) atoms. The Morgan fingerprint density at radius 1 is 1.38 bits per heavy atom. The zero-order valence-electron chi connectivity index (χ0n) is 11.1. The molecule has 0 bridgehead atoms. The van der Waals surface area contributed by atoms with Crippen LogP contribution in [0.3, 0.4) is 0 Å². The van der Waals surface area contributed by atoms with E-state index < -0.39 is 15.8 Å². The molecular weight excluding hydrogens is 321 g/mol. The molecule has 0 radical (unpaired) electrons. The standard InChI is InChI=1S/C12H15ClFN3O3S/c13-10-7-9(14)1-2-11(10)21(19,20)16-8-12(18)17-5-3-15-4-6-17/h1-2,7,15-16H,3-6,8H2. The van der Waals surface area contributed by atoms with Gasteiger partial charge in [-0.2, -0.15) is 0 Å². The summed E-state index contributed by atoms with van der Waals surface area (Å²) < 4.78 is 39.2. The number of carbonyl (C=O) groups excluding carboxylic acids is 1. The van der Waals surface area contributed by atoms with Crippen molar-refractivity contribution in [2.24, 2.45) is 0 Å². The summed E-state index contributed by atoms with van der Waals surface area (Å²) in [6, 6.07) is 2.97. The van der Waals surface area contributed by atoms with Gasteiger partial charge in [0.1, 0.15) is 10.7 Å². The predicted octanol–water partition coefficient (Wildman–Crippen LogP) is 0.189. The SMILES string of the molecule is O=C(CNS(=O)(=O)c1ccc(F)cc1Cl)N1CCNCC1. The highest BCUT2D eigenvalue weighted by Crippen LogP contribution is 2.21. The summed E-state index contributed by atoms with van der Waals surface area (Å²) in [5.41, 5.74) is 0. The number of nitrogens with zero attached hydrogens (tertiary/aromatic N) is 1. The van der Waals surface area contributed by atoms with Crippen molar-refractivity contribution in [1.82, 2.24) is 14.9 Å². The van der Waals surface area contributed by atoms with Crippen LogP contribution in [0.2, 0.25) is 5.02 Å². The molecule has 6 nitrogen and oxygen atoms in total. The van der Waals surface area contributed by atoms with Gasteiger partial charge in [0.2, 0.25) is 15.9 Å². The van der Waals surface area contributed by atoms with Crippen LogP contribution >= 0.6 is 11.6 Å². The third-order valence-corrected chi connectivity index (χ3v) is 4.95. The van der Waals surface area contributed by atoms with E-state index in [0.29, 0.717) is 26.2 Å². The number of sulfonamides is 1. The molecule has 1 aliphatic rings. The molecule has 1 aromatic carbocycles. The molecule has 0 aliphatic carbocycles. The van der Waals surface area contributed by atoms with Crippen LogP contribution < -0.4 is 10.0 Å². The molecule has 116 valence electrons.